The van der Waals surface area contributed by atoms with Crippen molar-refractivity contribution in [2.75, 3.05) is 36.9 Å². The smallest absolute Gasteiger partial charge is 0.00755 e. The Morgan fingerprint density at radius 3 is 0.909 bits per heavy atom. The Balaban J connectivity index is 4.19. The van der Waals surface area contributed by atoms with E-state index in [-0.39, 0.29) is 0 Å². The highest BCUT2D eigenvalue weighted by Gasteiger charge is 2.16. The van der Waals surface area contributed by atoms with Gasteiger partial charge in [-0.1, -0.05) is 62.3 Å². The van der Waals surface area contributed by atoms with E-state index in [2.05, 4.69) is 102 Å². The van der Waals surface area contributed by atoms with Gasteiger partial charge in [0.15, 0.2) is 0 Å². The molecular weight excluding hydrogens is 326 g/mol. The molecule has 0 N–H and O–H groups in total. The van der Waals surface area contributed by atoms with E-state index in [4.69, 9.17) is 0 Å². The molecule has 0 aliphatic heterocycles. The van der Waals surface area contributed by atoms with Gasteiger partial charge in [-0.2, -0.15) is 35.3 Å². The van der Waals surface area contributed by atoms with Gasteiger partial charge in [-0.3, -0.25) is 0 Å². The second-order valence-electron chi connectivity index (χ2n) is 8.72. The molecule has 0 saturated heterocycles. The molecule has 0 aliphatic rings. The first-order valence-electron chi connectivity index (χ1n) is 8.43. The summed E-state index contributed by atoms with van der Waals surface area (Å²) in [5.74, 6) is 3.72. The average Bonchev–Trinajstić information content (AvgIpc) is 2.23. The van der Waals surface area contributed by atoms with Crippen molar-refractivity contribution >= 4 is 35.3 Å². The van der Waals surface area contributed by atoms with Crippen LogP contribution in [0.1, 0.15) is 62.3 Å². The molecule has 0 amide bonds. The van der Waals surface area contributed by atoms with Crippen molar-refractivity contribution in [3.05, 3.63) is 0 Å². The summed E-state index contributed by atoms with van der Waals surface area (Å²) in [4.78, 5) is 2.66. The molecule has 0 atom stereocenters. The minimum absolute atomic E-state index is 0.381. The molecule has 0 rings (SSSR count). The summed E-state index contributed by atoms with van der Waals surface area (Å²) in [5, 5.41) is 0. The van der Waals surface area contributed by atoms with Crippen LogP contribution in [0.25, 0.3) is 0 Å². The van der Waals surface area contributed by atoms with Crippen molar-refractivity contribution in [3.8, 4) is 0 Å². The van der Waals surface area contributed by atoms with Crippen LogP contribution in [0, 0.1) is 0 Å². The molecule has 0 fully saturated rings. The molecule has 0 heterocycles. The van der Waals surface area contributed by atoms with Crippen LogP contribution in [0.15, 0.2) is 0 Å². The van der Waals surface area contributed by atoms with E-state index in [9.17, 15) is 0 Å². The summed E-state index contributed by atoms with van der Waals surface area (Å²) in [7, 11) is 0. The molecule has 134 valence electrons. The molecule has 0 saturated carbocycles. The van der Waals surface area contributed by atoms with Crippen molar-refractivity contribution in [2.24, 2.45) is 0 Å². The lowest BCUT2D eigenvalue weighted by molar-refractivity contribution is 0.328. The standard InChI is InChI=1S/C18H39NS3/c1-16(2,3)20-13-10-19(11-14-21-17(4,5)6)12-15-22-18(7,8)9/h10-15H2,1-9H3. The lowest BCUT2D eigenvalue weighted by Gasteiger charge is -2.27. The molecule has 1 nitrogen and oxygen atoms in total. The molecule has 0 aliphatic carbocycles. The normalized spacial score (nSPS) is 13.9. The largest absolute Gasteiger partial charge is 0.301 e. The Bertz CT molecular complexity index is 237. The van der Waals surface area contributed by atoms with Gasteiger partial charge >= 0.3 is 0 Å². The van der Waals surface area contributed by atoms with Crippen LogP contribution < -0.4 is 0 Å². The van der Waals surface area contributed by atoms with E-state index in [0.29, 0.717) is 14.2 Å². The van der Waals surface area contributed by atoms with E-state index >= 15 is 0 Å². The van der Waals surface area contributed by atoms with Crippen molar-refractivity contribution in [3.63, 3.8) is 0 Å². The molecule has 0 unspecified atom stereocenters. The Labute approximate surface area is 153 Å². The van der Waals surface area contributed by atoms with E-state index in [1.165, 1.54) is 36.9 Å². The number of hydrogen-bond acceptors (Lipinski definition) is 4. The molecular formula is C18H39NS3. The van der Waals surface area contributed by atoms with Crippen LogP contribution in [0.4, 0.5) is 0 Å². The van der Waals surface area contributed by atoms with Crippen molar-refractivity contribution < 1.29 is 0 Å². The maximum Gasteiger partial charge on any atom is 0.00755 e. The summed E-state index contributed by atoms with van der Waals surface area (Å²) in [6, 6.07) is 0. The van der Waals surface area contributed by atoms with Crippen molar-refractivity contribution in [2.45, 2.75) is 76.6 Å². The first-order valence-corrected chi connectivity index (χ1v) is 11.4. The number of rotatable bonds is 9. The van der Waals surface area contributed by atoms with Gasteiger partial charge in [0, 0.05) is 51.1 Å². The Kier molecular flexibility index (Phi) is 10.6. The topological polar surface area (TPSA) is 3.24 Å². The molecule has 0 aromatic carbocycles. The fourth-order valence-corrected chi connectivity index (χ4v) is 4.66. The van der Waals surface area contributed by atoms with Gasteiger partial charge in [0.2, 0.25) is 0 Å². The summed E-state index contributed by atoms with van der Waals surface area (Å²) in [6.07, 6.45) is 0. The van der Waals surface area contributed by atoms with Crippen molar-refractivity contribution in [1.29, 1.82) is 0 Å². The van der Waals surface area contributed by atoms with E-state index in [1.807, 2.05) is 0 Å². The number of nitrogens with zero attached hydrogens (tertiary/aromatic N) is 1. The van der Waals surface area contributed by atoms with Crippen LogP contribution in [0.3, 0.4) is 0 Å². The monoisotopic (exact) mass is 365 g/mol. The number of hydrogen-bond donors (Lipinski definition) is 0. The predicted molar refractivity (Wildman–Crippen MR) is 113 cm³/mol. The highest BCUT2D eigenvalue weighted by Crippen LogP contribution is 2.26. The Morgan fingerprint density at radius 2 is 0.727 bits per heavy atom. The second-order valence-corrected chi connectivity index (χ2v) is 14.5. The SMILES string of the molecule is CC(C)(C)SCCN(CCSC(C)(C)C)CCSC(C)(C)C. The Hall–Kier alpha value is 1.01. The molecule has 0 aromatic rings. The summed E-state index contributed by atoms with van der Waals surface area (Å²) in [6.45, 7) is 24.5. The fraction of sp³-hybridized carbons (Fsp3) is 1.00. The van der Waals surface area contributed by atoms with Gasteiger partial charge in [0.25, 0.3) is 0 Å². The van der Waals surface area contributed by atoms with Gasteiger partial charge in [0.05, 0.1) is 0 Å². The lowest BCUT2D eigenvalue weighted by atomic mass is 10.3. The minimum atomic E-state index is 0.381. The Morgan fingerprint density at radius 1 is 0.500 bits per heavy atom. The highest BCUT2D eigenvalue weighted by atomic mass is 32.2. The maximum absolute atomic E-state index is 2.66. The zero-order valence-electron chi connectivity index (χ0n) is 16.4. The van der Waals surface area contributed by atoms with Gasteiger partial charge in [0.1, 0.15) is 0 Å². The van der Waals surface area contributed by atoms with Gasteiger partial charge < -0.3 is 4.90 Å². The third-order valence-electron chi connectivity index (χ3n) is 2.83. The van der Waals surface area contributed by atoms with Gasteiger partial charge in [-0.25, -0.2) is 0 Å². The first-order chi connectivity index (χ1) is 9.79. The minimum Gasteiger partial charge on any atom is -0.301 e. The molecule has 0 bridgehead atoms. The zero-order chi connectivity index (χ0) is 17.4. The molecule has 0 spiro atoms. The van der Waals surface area contributed by atoms with Gasteiger partial charge in [-0.05, 0) is 0 Å². The maximum atomic E-state index is 2.66. The van der Waals surface area contributed by atoms with Crippen LogP contribution in [-0.4, -0.2) is 56.0 Å². The lowest BCUT2D eigenvalue weighted by Crippen LogP contribution is -2.33. The van der Waals surface area contributed by atoms with Gasteiger partial charge in [-0.15, -0.1) is 0 Å². The first kappa shape index (κ1) is 23.0. The summed E-state index contributed by atoms with van der Waals surface area (Å²) >= 11 is 6.25. The van der Waals surface area contributed by atoms with Crippen molar-refractivity contribution in [1.82, 2.24) is 4.90 Å². The highest BCUT2D eigenvalue weighted by molar-refractivity contribution is 8.01. The van der Waals surface area contributed by atoms with Crippen LogP contribution in [0.5, 0.6) is 0 Å². The predicted octanol–water partition coefficient (Wildman–Crippen LogP) is 5.88. The quantitative estimate of drug-likeness (QED) is 0.501. The molecule has 22 heavy (non-hydrogen) atoms. The molecule has 0 radical (unpaired) electrons. The summed E-state index contributed by atoms with van der Waals surface area (Å²) < 4.78 is 1.14. The summed E-state index contributed by atoms with van der Waals surface area (Å²) in [5.41, 5.74) is 0. The van der Waals surface area contributed by atoms with Crippen LogP contribution in [0.2, 0.25) is 0 Å². The zero-order valence-corrected chi connectivity index (χ0v) is 18.9. The van der Waals surface area contributed by atoms with Crippen LogP contribution >= 0.6 is 35.3 Å². The number of thioether (sulfide) groups is 3. The van der Waals surface area contributed by atoms with E-state index in [0.717, 1.165) is 0 Å². The van der Waals surface area contributed by atoms with E-state index in [1.54, 1.807) is 0 Å². The van der Waals surface area contributed by atoms with E-state index < -0.39 is 0 Å². The second kappa shape index (κ2) is 10.1. The average molecular weight is 366 g/mol. The third kappa shape index (κ3) is 17.4. The molecule has 4 heteroatoms. The molecule has 0 aromatic heterocycles. The fourth-order valence-electron chi connectivity index (χ4n) is 1.78. The third-order valence-corrected chi connectivity index (χ3v) is 6.59. The van der Waals surface area contributed by atoms with Crippen LogP contribution in [-0.2, 0) is 0 Å².